The van der Waals surface area contributed by atoms with E-state index >= 15 is 0 Å². The molecule has 0 aromatic heterocycles. The van der Waals surface area contributed by atoms with E-state index in [2.05, 4.69) is 12.6 Å². The molecule has 0 aliphatic heterocycles. The van der Waals surface area contributed by atoms with Crippen LogP contribution in [-0.4, -0.2) is 18.7 Å². The summed E-state index contributed by atoms with van der Waals surface area (Å²) in [6.07, 6.45) is -0.391. The fraction of sp³-hybridized carbons (Fsp3) is 0.190. The number of ether oxygens (including phenoxy) is 2. The summed E-state index contributed by atoms with van der Waals surface area (Å²) in [6.45, 7) is 7.25. The van der Waals surface area contributed by atoms with Gasteiger partial charge in [-0.1, -0.05) is 48.5 Å². The van der Waals surface area contributed by atoms with E-state index in [0.717, 1.165) is 27.3 Å². The number of benzene rings is 3. The summed E-state index contributed by atoms with van der Waals surface area (Å²) in [5.74, 6) is 0.329. The van der Waals surface area contributed by atoms with Gasteiger partial charge in [0.1, 0.15) is 18.5 Å². The van der Waals surface area contributed by atoms with Gasteiger partial charge in [-0.2, -0.15) is 0 Å². The monoisotopic (exact) mass is 354 g/mol. The van der Waals surface area contributed by atoms with Gasteiger partial charge in [-0.05, 0) is 42.8 Å². The molecule has 0 spiro atoms. The number of hydrogen-bond acceptors (Lipinski definition) is 3. The van der Waals surface area contributed by atoms with Crippen LogP contribution in [0.15, 0.2) is 60.7 Å². The van der Waals surface area contributed by atoms with Gasteiger partial charge in [0.05, 0.1) is 0 Å². The third kappa shape index (κ3) is 3.77. The molecule has 3 aromatic rings. The van der Waals surface area contributed by atoms with Crippen molar-refractivity contribution in [3.05, 3.63) is 65.7 Å². The summed E-state index contributed by atoms with van der Waals surface area (Å²) in [5.41, 5.74) is 0.370. The van der Waals surface area contributed by atoms with E-state index in [4.69, 9.17) is 21.1 Å². The quantitative estimate of drug-likeness (QED) is 0.343. The van der Waals surface area contributed by atoms with Crippen molar-refractivity contribution in [3.63, 3.8) is 0 Å². The number of rotatable bonds is 5. The van der Waals surface area contributed by atoms with E-state index in [-0.39, 0.29) is 6.61 Å². The Morgan fingerprint density at radius 3 is 2.60 bits per heavy atom. The van der Waals surface area contributed by atoms with Crippen LogP contribution in [-0.2, 0) is 9.53 Å². The zero-order valence-electron chi connectivity index (χ0n) is 14.2. The normalized spacial score (nSPS) is 12.1. The molecule has 0 radical (unpaired) electrons. The lowest BCUT2D eigenvalue weighted by Gasteiger charge is -2.17. The molecule has 25 heavy (non-hydrogen) atoms. The fourth-order valence-electron chi connectivity index (χ4n) is 2.67. The van der Waals surface area contributed by atoms with E-state index < -0.39 is 12.1 Å². The standard InChI is InChI=1S/C21H19ClO3/c1-13(2)21(23)25-14(3)12-24-20-18-7-5-4-6-15(18)10-16-8-9-17(22)11-19(16)20/h4-11,14H,1,12H2,2-3H3. The molecule has 0 amide bonds. The first-order valence-corrected chi connectivity index (χ1v) is 8.44. The summed E-state index contributed by atoms with van der Waals surface area (Å²) in [7, 11) is 0. The number of carbonyl (C=O) groups is 1. The fourth-order valence-corrected chi connectivity index (χ4v) is 2.84. The highest BCUT2D eigenvalue weighted by Crippen LogP contribution is 2.36. The van der Waals surface area contributed by atoms with Gasteiger partial charge >= 0.3 is 5.97 Å². The minimum Gasteiger partial charge on any atom is -0.488 e. The van der Waals surface area contributed by atoms with Gasteiger partial charge in [0, 0.05) is 21.4 Å². The maximum Gasteiger partial charge on any atom is 0.333 e. The first-order chi connectivity index (χ1) is 12.0. The maximum atomic E-state index is 11.6. The lowest BCUT2D eigenvalue weighted by molar-refractivity contribution is -0.144. The zero-order chi connectivity index (χ0) is 18.0. The largest absolute Gasteiger partial charge is 0.488 e. The van der Waals surface area contributed by atoms with Crippen LogP contribution in [0.4, 0.5) is 0 Å². The first-order valence-electron chi connectivity index (χ1n) is 8.06. The molecule has 1 atom stereocenters. The first kappa shape index (κ1) is 17.3. The molecule has 0 fully saturated rings. The highest BCUT2D eigenvalue weighted by molar-refractivity contribution is 6.31. The molecule has 1 unspecified atom stereocenters. The van der Waals surface area contributed by atoms with Crippen LogP contribution in [0.2, 0.25) is 5.02 Å². The SMILES string of the molecule is C=C(C)C(=O)OC(C)COc1c2ccccc2cc2ccc(Cl)cc12. The van der Waals surface area contributed by atoms with Crippen molar-refractivity contribution in [1.29, 1.82) is 0 Å². The minimum atomic E-state index is -0.415. The van der Waals surface area contributed by atoms with E-state index in [0.29, 0.717) is 10.6 Å². The van der Waals surface area contributed by atoms with Crippen molar-refractivity contribution < 1.29 is 14.3 Å². The van der Waals surface area contributed by atoms with Crippen molar-refractivity contribution in [2.45, 2.75) is 20.0 Å². The zero-order valence-corrected chi connectivity index (χ0v) is 15.0. The van der Waals surface area contributed by atoms with Crippen LogP contribution < -0.4 is 4.74 Å². The van der Waals surface area contributed by atoms with Gasteiger partial charge < -0.3 is 9.47 Å². The summed E-state index contributed by atoms with van der Waals surface area (Å²) in [4.78, 5) is 11.6. The Morgan fingerprint density at radius 2 is 1.84 bits per heavy atom. The van der Waals surface area contributed by atoms with E-state index in [1.807, 2.05) is 42.5 Å². The summed E-state index contributed by atoms with van der Waals surface area (Å²) in [6, 6.07) is 15.8. The van der Waals surface area contributed by atoms with Crippen LogP contribution in [0, 0.1) is 0 Å². The molecular formula is C21H19ClO3. The molecule has 3 aromatic carbocycles. The Bertz CT molecular complexity index is 962. The average molecular weight is 355 g/mol. The molecule has 0 bridgehead atoms. The Balaban J connectivity index is 1.96. The lowest BCUT2D eigenvalue weighted by Crippen LogP contribution is -2.22. The highest BCUT2D eigenvalue weighted by Gasteiger charge is 2.14. The molecule has 0 saturated carbocycles. The number of halogens is 1. The highest BCUT2D eigenvalue weighted by atomic mass is 35.5. The number of esters is 1. The smallest absolute Gasteiger partial charge is 0.333 e. The Hall–Kier alpha value is -2.52. The molecular weight excluding hydrogens is 336 g/mol. The van der Waals surface area contributed by atoms with E-state index in [9.17, 15) is 4.79 Å². The van der Waals surface area contributed by atoms with Gasteiger partial charge in [-0.15, -0.1) is 0 Å². The van der Waals surface area contributed by atoms with Crippen molar-refractivity contribution in [2.24, 2.45) is 0 Å². The average Bonchev–Trinajstić information content (AvgIpc) is 2.58. The molecule has 0 saturated heterocycles. The topological polar surface area (TPSA) is 35.5 Å². The second kappa shape index (κ2) is 7.16. The van der Waals surface area contributed by atoms with Crippen LogP contribution in [0.3, 0.4) is 0 Å². The predicted molar refractivity (Wildman–Crippen MR) is 102 cm³/mol. The van der Waals surface area contributed by atoms with Crippen molar-refractivity contribution in [1.82, 2.24) is 0 Å². The van der Waals surface area contributed by atoms with Crippen LogP contribution in [0.25, 0.3) is 21.5 Å². The Labute approximate surface area is 151 Å². The third-order valence-electron chi connectivity index (χ3n) is 3.90. The van der Waals surface area contributed by atoms with Gasteiger partial charge in [0.25, 0.3) is 0 Å². The number of fused-ring (bicyclic) bond motifs is 2. The molecule has 0 aliphatic carbocycles. The Morgan fingerprint density at radius 1 is 1.12 bits per heavy atom. The number of hydrogen-bond donors (Lipinski definition) is 0. The molecule has 128 valence electrons. The second-order valence-corrected chi connectivity index (χ2v) is 6.54. The van der Waals surface area contributed by atoms with Gasteiger partial charge in [0.15, 0.2) is 0 Å². The maximum absolute atomic E-state index is 11.6. The summed E-state index contributed by atoms with van der Waals surface area (Å²) in [5, 5.41) is 4.71. The molecule has 0 heterocycles. The summed E-state index contributed by atoms with van der Waals surface area (Å²) < 4.78 is 11.4. The van der Waals surface area contributed by atoms with Crippen molar-refractivity contribution in [2.75, 3.05) is 6.61 Å². The van der Waals surface area contributed by atoms with Crippen LogP contribution in [0.1, 0.15) is 13.8 Å². The van der Waals surface area contributed by atoms with E-state index in [1.165, 1.54) is 0 Å². The third-order valence-corrected chi connectivity index (χ3v) is 4.13. The number of carbonyl (C=O) groups excluding carboxylic acids is 1. The van der Waals surface area contributed by atoms with Crippen molar-refractivity contribution >= 4 is 39.1 Å². The second-order valence-electron chi connectivity index (χ2n) is 6.10. The van der Waals surface area contributed by atoms with Crippen molar-refractivity contribution in [3.8, 4) is 5.75 Å². The van der Waals surface area contributed by atoms with Gasteiger partial charge in [-0.25, -0.2) is 4.79 Å². The predicted octanol–water partition coefficient (Wildman–Crippen LogP) is 5.53. The lowest BCUT2D eigenvalue weighted by atomic mass is 10.0. The summed E-state index contributed by atoms with van der Waals surface area (Å²) >= 11 is 6.17. The molecule has 3 nitrogen and oxygen atoms in total. The Kier molecular flexibility index (Phi) is 4.95. The van der Waals surface area contributed by atoms with Crippen LogP contribution >= 0.6 is 11.6 Å². The van der Waals surface area contributed by atoms with Gasteiger partial charge in [-0.3, -0.25) is 0 Å². The van der Waals surface area contributed by atoms with E-state index in [1.54, 1.807) is 13.8 Å². The molecule has 0 N–H and O–H groups in total. The van der Waals surface area contributed by atoms with Crippen LogP contribution in [0.5, 0.6) is 5.75 Å². The molecule has 0 aliphatic rings. The minimum absolute atomic E-state index is 0.245. The van der Waals surface area contributed by atoms with Gasteiger partial charge in [0.2, 0.25) is 0 Å². The molecule has 3 rings (SSSR count). The molecule has 4 heteroatoms.